The summed E-state index contributed by atoms with van der Waals surface area (Å²) in [5, 5.41) is 7.05. The molecule has 0 spiro atoms. The zero-order chi connectivity index (χ0) is 38.4. The van der Waals surface area contributed by atoms with Crippen LogP contribution in [0.4, 0.5) is 17.1 Å². The van der Waals surface area contributed by atoms with Crippen LogP contribution in [0, 0.1) is 0 Å². The van der Waals surface area contributed by atoms with Gasteiger partial charge in [-0.2, -0.15) is 0 Å². The molecule has 10 aromatic carbocycles. The van der Waals surface area contributed by atoms with Gasteiger partial charge in [0, 0.05) is 28.0 Å². The molecule has 0 saturated heterocycles. The molecule has 0 atom stereocenters. The van der Waals surface area contributed by atoms with E-state index in [1.54, 1.807) is 0 Å². The number of hydrogen-bond donors (Lipinski definition) is 0. The fraction of sp³-hybridized carbons (Fsp3) is 0. The van der Waals surface area contributed by atoms with E-state index in [9.17, 15) is 0 Å². The Bertz CT molecular complexity index is 3160. The maximum Gasteiger partial charge on any atom is 0.227 e. The highest BCUT2D eigenvalue weighted by Crippen LogP contribution is 2.42. The number of hydrogen-bond acceptors (Lipinski definition) is 3. The van der Waals surface area contributed by atoms with Crippen LogP contribution in [0.5, 0.6) is 0 Å². The molecule has 0 amide bonds. The van der Waals surface area contributed by atoms with Crippen molar-refractivity contribution in [3.8, 4) is 44.8 Å². The first-order valence-corrected chi connectivity index (χ1v) is 19.7. The Hall–Kier alpha value is -7.75. The van der Waals surface area contributed by atoms with Crippen LogP contribution >= 0.6 is 0 Å². The second-order valence-electron chi connectivity index (χ2n) is 14.8. The first kappa shape index (κ1) is 33.6. The molecule has 3 heteroatoms. The number of anilines is 3. The molecule has 0 fully saturated rings. The van der Waals surface area contributed by atoms with Crippen LogP contribution in [0.3, 0.4) is 0 Å². The van der Waals surface area contributed by atoms with Crippen LogP contribution in [-0.4, -0.2) is 4.98 Å². The summed E-state index contributed by atoms with van der Waals surface area (Å²) in [7, 11) is 0. The van der Waals surface area contributed by atoms with Crippen molar-refractivity contribution in [2.24, 2.45) is 0 Å². The molecule has 0 saturated carbocycles. The molecule has 1 aromatic heterocycles. The molecule has 11 rings (SSSR count). The second kappa shape index (κ2) is 14.1. The summed E-state index contributed by atoms with van der Waals surface area (Å²) in [6.45, 7) is 0. The largest absolute Gasteiger partial charge is 0.436 e. The number of benzene rings is 10. The molecule has 0 N–H and O–H groups in total. The normalized spacial score (nSPS) is 11.4. The first-order chi connectivity index (χ1) is 28.7. The molecule has 0 aliphatic carbocycles. The molecule has 0 bridgehead atoms. The molecule has 272 valence electrons. The van der Waals surface area contributed by atoms with Gasteiger partial charge in [0.2, 0.25) is 5.89 Å². The van der Waals surface area contributed by atoms with Crippen LogP contribution in [0.25, 0.3) is 88.3 Å². The Balaban J connectivity index is 1.07. The van der Waals surface area contributed by atoms with Gasteiger partial charge in [0.1, 0.15) is 5.52 Å². The van der Waals surface area contributed by atoms with Gasteiger partial charge in [-0.25, -0.2) is 4.98 Å². The van der Waals surface area contributed by atoms with Crippen LogP contribution in [0.1, 0.15) is 0 Å². The van der Waals surface area contributed by atoms with E-state index in [1.165, 1.54) is 38.2 Å². The van der Waals surface area contributed by atoms with E-state index in [0.29, 0.717) is 5.89 Å². The fourth-order valence-corrected chi connectivity index (χ4v) is 8.42. The van der Waals surface area contributed by atoms with E-state index in [4.69, 9.17) is 9.40 Å². The molecule has 58 heavy (non-hydrogen) atoms. The SMILES string of the molecule is c1ccc(-c2ccc(-c3nc4c(ccc5ccc(N(c6cccc(-c7cccc8ccccc78)c6)c6cccc(-c7cccc8ccccc78)c6)cc54)o3)cc2)cc1. The van der Waals surface area contributed by atoms with Crippen LogP contribution in [0.2, 0.25) is 0 Å². The predicted molar refractivity (Wildman–Crippen MR) is 243 cm³/mol. The van der Waals surface area contributed by atoms with E-state index in [1.807, 2.05) is 12.1 Å². The van der Waals surface area contributed by atoms with E-state index in [2.05, 4.69) is 211 Å². The maximum absolute atomic E-state index is 6.45. The van der Waals surface area contributed by atoms with Crippen molar-refractivity contribution in [1.82, 2.24) is 4.98 Å². The van der Waals surface area contributed by atoms with Crippen molar-refractivity contribution in [2.45, 2.75) is 0 Å². The zero-order valence-corrected chi connectivity index (χ0v) is 31.6. The maximum atomic E-state index is 6.45. The molecular formula is C55H36N2O. The van der Waals surface area contributed by atoms with Crippen LogP contribution < -0.4 is 4.90 Å². The summed E-state index contributed by atoms with van der Waals surface area (Å²) in [4.78, 5) is 7.51. The number of rotatable bonds is 7. The summed E-state index contributed by atoms with van der Waals surface area (Å²) < 4.78 is 6.45. The molecule has 0 aliphatic heterocycles. The van der Waals surface area contributed by atoms with Crippen molar-refractivity contribution in [1.29, 1.82) is 0 Å². The topological polar surface area (TPSA) is 29.3 Å². The third kappa shape index (κ3) is 5.98. The summed E-state index contributed by atoms with van der Waals surface area (Å²) in [6.07, 6.45) is 0. The fourth-order valence-electron chi connectivity index (χ4n) is 8.42. The third-order valence-electron chi connectivity index (χ3n) is 11.3. The van der Waals surface area contributed by atoms with Gasteiger partial charge < -0.3 is 9.32 Å². The lowest BCUT2D eigenvalue weighted by atomic mass is 9.96. The standard InChI is InChI=1S/C55H36N2O/c1-2-12-37(13-3-1)38-26-28-42(29-27-38)55-56-54-52-36-47(32-30-41(52)31-33-53(54)58-55)57(45-20-8-18-43(34-45)50-24-10-16-39-14-4-6-22-48(39)50)46-21-9-19-44(35-46)51-25-11-17-40-15-5-7-23-49(40)51/h1-36H. The molecular weight excluding hydrogens is 705 g/mol. The number of nitrogens with zero attached hydrogens (tertiary/aromatic N) is 2. The Morgan fingerprint density at radius 3 is 1.47 bits per heavy atom. The van der Waals surface area contributed by atoms with Crippen molar-refractivity contribution in [2.75, 3.05) is 4.90 Å². The van der Waals surface area contributed by atoms with Gasteiger partial charge in [0.15, 0.2) is 5.58 Å². The van der Waals surface area contributed by atoms with E-state index in [0.717, 1.165) is 61.2 Å². The number of oxazole rings is 1. The number of aromatic nitrogens is 1. The van der Waals surface area contributed by atoms with E-state index < -0.39 is 0 Å². The van der Waals surface area contributed by atoms with Gasteiger partial charge in [-0.15, -0.1) is 0 Å². The summed E-state index contributed by atoms with van der Waals surface area (Å²) in [5.41, 5.74) is 12.8. The van der Waals surface area contributed by atoms with Crippen molar-refractivity contribution in [3.63, 3.8) is 0 Å². The molecule has 0 aliphatic rings. The Morgan fingerprint density at radius 2 is 0.810 bits per heavy atom. The first-order valence-electron chi connectivity index (χ1n) is 19.7. The monoisotopic (exact) mass is 740 g/mol. The van der Waals surface area contributed by atoms with Gasteiger partial charge in [-0.05, 0) is 115 Å². The molecule has 0 radical (unpaired) electrons. The van der Waals surface area contributed by atoms with E-state index >= 15 is 0 Å². The summed E-state index contributed by atoms with van der Waals surface area (Å²) >= 11 is 0. The molecule has 11 aromatic rings. The van der Waals surface area contributed by atoms with Gasteiger partial charge in [-0.3, -0.25) is 0 Å². The van der Waals surface area contributed by atoms with E-state index in [-0.39, 0.29) is 0 Å². The third-order valence-corrected chi connectivity index (χ3v) is 11.3. The molecule has 3 nitrogen and oxygen atoms in total. The van der Waals surface area contributed by atoms with Gasteiger partial charge in [0.25, 0.3) is 0 Å². The highest BCUT2D eigenvalue weighted by atomic mass is 16.3. The summed E-state index contributed by atoms with van der Waals surface area (Å²) in [6, 6.07) is 77.8. The van der Waals surface area contributed by atoms with Gasteiger partial charge in [0.05, 0.1) is 0 Å². The minimum absolute atomic E-state index is 0.606. The van der Waals surface area contributed by atoms with Crippen LogP contribution in [-0.2, 0) is 0 Å². The van der Waals surface area contributed by atoms with Crippen molar-refractivity contribution in [3.05, 3.63) is 218 Å². The quantitative estimate of drug-likeness (QED) is 0.163. The molecule has 0 unspecified atom stereocenters. The highest BCUT2D eigenvalue weighted by Gasteiger charge is 2.18. The highest BCUT2D eigenvalue weighted by molar-refractivity contribution is 6.06. The minimum atomic E-state index is 0.606. The molecule has 1 heterocycles. The minimum Gasteiger partial charge on any atom is -0.436 e. The lowest BCUT2D eigenvalue weighted by Gasteiger charge is -2.27. The zero-order valence-electron chi connectivity index (χ0n) is 31.6. The lowest BCUT2D eigenvalue weighted by molar-refractivity contribution is 0.620. The van der Waals surface area contributed by atoms with Gasteiger partial charge in [-0.1, -0.05) is 164 Å². The average Bonchev–Trinajstić information content (AvgIpc) is 3.75. The second-order valence-corrected chi connectivity index (χ2v) is 14.8. The lowest BCUT2D eigenvalue weighted by Crippen LogP contribution is -2.10. The Morgan fingerprint density at radius 1 is 0.328 bits per heavy atom. The van der Waals surface area contributed by atoms with Gasteiger partial charge >= 0.3 is 0 Å². The van der Waals surface area contributed by atoms with Crippen LogP contribution in [0.15, 0.2) is 223 Å². The summed E-state index contributed by atoms with van der Waals surface area (Å²) in [5.74, 6) is 0.606. The Labute approximate surface area is 336 Å². The van der Waals surface area contributed by atoms with Crippen molar-refractivity contribution >= 4 is 60.5 Å². The predicted octanol–water partition coefficient (Wildman–Crippen LogP) is 15.4. The van der Waals surface area contributed by atoms with Crippen molar-refractivity contribution < 1.29 is 4.42 Å². The Kier molecular flexibility index (Phi) is 8.15. The average molecular weight is 741 g/mol. The number of fused-ring (bicyclic) bond motifs is 5. The smallest absolute Gasteiger partial charge is 0.227 e.